The van der Waals surface area contributed by atoms with E-state index in [0.717, 1.165) is 6.41 Å². The molecule has 0 aromatic rings. The van der Waals surface area contributed by atoms with E-state index in [1.807, 2.05) is 47.0 Å². The Kier molecular flexibility index (Phi) is 12.3. The predicted molar refractivity (Wildman–Crippen MR) is 57.5 cm³/mol. The number of amides is 1. The zero-order valence-electron chi connectivity index (χ0n) is 9.37. The van der Waals surface area contributed by atoms with Crippen LogP contribution in [0.3, 0.4) is 0 Å². The summed E-state index contributed by atoms with van der Waals surface area (Å²) < 4.78 is 0. The van der Waals surface area contributed by atoms with Crippen molar-refractivity contribution in [1.82, 2.24) is 10.2 Å². The second-order valence-corrected chi connectivity index (χ2v) is 2.59. The van der Waals surface area contributed by atoms with Crippen molar-refractivity contribution in [3.05, 3.63) is 12.3 Å². The molecule has 0 rings (SSSR count). The third-order valence-electron chi connectivity index (χ3n) is 1.40. The maximum absolute atomic E-state index is 10.4. The number of nitrogens with one attached hydrogen (secondary N) is 1. The molecule has 0 spiro atoms. The van der Waals surface area contributed by atoms with Gasteiger partial charge >= 0.3 is 0 Å². The molecule has 0 atom stereocenters. The molecule has 0 heterocycles. The summed E-state index contributed by atoms with van der Waals surface area (Å²) >= 11 is 0. The monoisotopic (exact) mass is 186 g/mol. The van der Waals surface area contributed by atoms with Gasteiger partial charge in [0.15, 0.2) is 0 Å². The van der Waals surface area contributed by atoms with Gasteiger partial charge in [-0.05, 0) is 26.1 Å². The molecule has 3 heteroatoms. The molecule has 1 amide bonds. The molecule has 0 saturated carbocycles. The van der Waals surface area contributed by atoms with Crippen LogP contribution in [0.5, 0.6) is 0 Å². The van der Waals surface area contributed by atoms with Crippen molar-refractivity contribution in [2.45, 2.75) is 33.7 Å². The highest BCUT2D eigenvalue weighted by Gasteiger charge is 2.01. The quantitative estimate of drug-likeness (QED) is 0.662. The number of hydrogen-bond acceptors (Lipinski definition) is 2. The minimum absolute atomic E-state index is 0.272. The third kappa shape index (κ3) is 8.92. The summed E-state index contributed by atoms with van der Waals surface area (Å²) in [5, 5.41) is 2.86. The highest BCUT2D eigenvalue weighted by atomic mass is 16.1. The van der Waals surface area contributed by atoms with E-state index in [1.165, 1.54) is 0 Å². The molecule has 0 unspecified atom stereocenters. The molecule has 78 valence electrons. The van der Waals surface area contributed by atoms with Crippen molar-refractivity contribution in [3.8, 4) is 0 Å². The van der Waals surface area contributed by atoms with Crippen LogP contribution in [0.15, 0.2) is 12.3 Å². The van der Waals surface area contributed by atoms with Crippen LogP contribution in [0.25, 0.3) is 0 Å². The average Bonchev–Trinajstić information content (AvgIpc) is 2.15. The Morgan fingerprint density at radius 1 is 1.38 bits per heavy atom. The van der Waals surface area contributed by atoms with E-state index in [1.54, 1.807) is 4.90 Å². The summed E-state index contributed by atoms with van der Waals surface area (Å²) in [7, 11) is 1.83. The van der Waals surface area contributed by atoms with E-state index in [0.29, 0.717) is 6.54 Å². The molecule has 0 aliphatic rings. The lowest BCUT2D eigenvalue weighted by molar-refractivity contribution is -0.119. The lowest BCUT2D eigenvalue weighted by Crippen LogP contribution is -2.29. The summed E-state index contributed by atoms with van der Waals surface area (Å²) in [6.45, 7) is 8.64. The maximum Gasteiger partial charge on any atom is 0.210 e. The first-order valence-electron chi connectivity index (χ1n) is 4.75. The first-order valence-corrected chi connectivity index (χ1v) is 4.75. The fourth-order valence-electron chi connectivity index (χ4n) is 0.668. The number of nitrogens with zero attached hydrogens (tertiary/aromatic N) is 1. The van der Waals surface area contributed by atoms with Gasteiger partial charge in [-0.25, -0.2) is 0 Å². The molecular formula is C10H22N2O. The van der Waals surface area contributed by atoms with Gasteiger partial charge < -0.3 is 10.2 Å². The lowest BCUT2D eigenvalue weighted by atomic mass is 10.3. The average molecular weight is 186 g/mol. The highest BCUT2D eigenvalue weighted by Crippen LogP contribution is 1.92. The Balaban J connectivity index is 0. The van der Waals surface area contributed by atoms with E-state index < -0.39 is 0 Å². The van der Waals surface area contributed by atoms with Crippen LogP contribution < -0.4 is 5.32 Å². The SMILES string of the molecule is CC.CN/C=C\CN(C=O)C(C)C. The van der Waals surface area contributed by atoms with E-state index in [4.69, 9.17) is 0 Å². The minimum Gasteiger partial charge on any atom is -0.394 e. The van der Waals surface area contributed by atoms with Gasteiger partial charge in [-0.3, -0.25) is 4.79 Å². The summed E-state index contributed by atoms with van der Waals surface area (Å²) in [6.07, 6.45) is 4.60. The van der Waals surface area contributed by atoms with E-state index in [2.05, 4.69) is 5.32 Å². The Labute approximate surface area is 81.8 Å². The van der Waals surface area contributed by atoms with Crippen LogP contribution in [-0.4, -0.2) is 30.9 Å². The molecule has 0 aliphatic heterocycles. The van der Waals surface area contributed by atoms with Gasteiger partial charge in [0.05, 0.1) is 0 Å². The number of rotatable bonds is 5. The topological polar surface area (TPSA) is 32.3 Å². The van der Waals surface area contributed by atoms with Crippen molar-refractivity contribution in [2.24, 2.45) is 0 Å². The van der Waals surface area contributed by atoms with Crippen LogP contribution in [0, 0.1) is 0 Å². The third-order valence-corrected chi connectivity index (χ3v) is 1.40. The van der Waals surface area contributed by atoms with Gasteiger partial charge in [-0.2, -0.15) is 0 Å². The molecule has 13 heavy (non-hydrogen) atoms. The highest BCUT2D eigenvalue weighted by molar-refractivity contribution is 5.47. The van der Waals surface area contributed by atoms with Crippen molar-refractivity contribution < 1.29 is 4.79 Å². The Hall–Kier alpha value is -0.990. The zero-order chi connectivity index (χ0) is 10.7. The Morgan fingerprint density at radius 3 is 2.23 bits per heavy atom. The summed E-state index contributed by atoms with van der Waals surface area (Å²) in [5.41, 5.74) is 0. The van der Waals surface area contributed by atoms with Crippen LogP contribution in [0.1, 0.15) is 27.7 Å². The van der Waals surface area contributed by atoms with Crippen molar-refractivity contribution in [1.29, 1.82) is 0 Å². The van der Waals surface area contributed by atoms with Gasteiger partial charge in [0.1, 0.15) is 0 Å². The maximum atomic E-state index is 10.4. The fourth-order valence-corrected chi connectivity index (χ4v) is 0.668. The largest absolute Gasteiger partial charge is 0.394 e. The second-order valence-electron chi connectivity index (χ2n) is 2.59. The van der Waals surface area contributed by atoms with E-state index in [-0.39, 0.29) is 6.04 Å². The number of carbonyl (C=O) groups is 1. The summed E-state index contributed by atoms with van der Waals surface area (Å²) in [4.78, 5) is 12.1. The van der Waals surface area contributed by atoms with Gasteiger partial charge in [0.2, 0.25) is 6.41 Å². The molecule has 3 nitrogen and oxygen atoms in total. The smallest absolute Gasteiger partial charge is 0.210 e. The van der Waals surface area contributed by atoms with Crippen LogP contribution >= 0.6 is 0 Å². The van der Waals surface area contributed by atoms with E-state index >= 15 is 0 Å². The summed E-state index contributed by atoms with van der Waals surface area (Å²) in [5.74, 6) is 0. The lowest BCUT2D eigenvalue weighted by Gasteiger charge is -2.19. The van der Waals surface area contributed by atoms with Crippen molar-refractivity contribution >= 4 is 6.41 Å². The normalized spacial score (nSPS) is 9.38. The summed E-state index contributed by atoms with van der Waals surface area (Å²) in [6, 6.07) is 0.272. The van der Waals surface area contributed by atoms with Gasteiger partial charge in [0, 0.05) is 19.6 Å². The van der Waals surface area contributed by atoms with Crippen LogP contribution in [0.4, 0.5) is 0 Å². The fraction of sp³-hybridized carbons (Fsp3) is 0.700. The van der Waals surface area contributed by atoms with Crippen molar-refractivity contribution in [2.75, 3.05) is 13.6 Å². The van der Waals surface area contributed by atoms with Crippen LogP contribution in [0.2, 0.25) is 0 Å². The Bertz CT molecular complexity index is 133. The molecule has 0 aliphatic carbocycles. The molecule has 0 fully saturated rings. The standard InChI is InChI=1S/C8H16N2O.C2H6/c1-8(2)10(7-11)6-4-5-9-3;1-2/h4-5,7-9H,6H2,1-3H3;1-2H3/b5-4-;. The Morgan fingerprint density at radius 2 is 1.92 bits per heavy atom. The van der Waals surface area contributed by atoms with Crippen LogP contribution in [-0.2, 0) is 4.79 Å². The molecule has 0 aromatic heterocycles. The number of carbonyl (C=O) groups excluding carboxylic acids is 1. The van der Waals surface area contributed by atoms with Gasteiger partial charge in [0.25, 0.3) is 0 Å². The van der Waals surface area contributed by atoms with E-state index in [9.17, 15) is 4.79 Å². The van der Waals surface area contributed by atoms with Crippen molar-refractivity contribution in [3.63, 3.8) is 0 Å². The van der Waals surface area contributed by atoms with Gasteiger partial charge in [-0.15, -0.1) is 0 Å². The predicted octanol–water partition coefficient (Wildman–Crippen LogP) is 1.61. The molecular weight excluding hydrogens is 164 g/mol. The number of hydrogen-bond donors (Lipinski definition) is 1. The minimum atomic E-state index is 0.272. The second kappa shape index (κ2) is 11.0. The first-order chi connectivity index (χ1) is 6.22. The van der Waals surface area contributed by atoms with Gasteiger partial charge in [-0.1, -0.05) is 13.8 Å². The molecule has 1 N–H and O–H groups in total. The molecule has 0 aromatic carbocycles. The first kappa shape index (κ1) is 14.5. The zero-order valence-corrected chi connectivity index (χ0v) is 9.37. The molecule has 0 bridgehead atoms. The molecule has 0 radical (unpaired) electrons. The molecule has 0 saturated heterocycles.